The van der Waals surface area contributed by atoms with E-state index in [2.05, 4.69) is 10.3 Å². The fourth-order valence-corrected chi connectivity index (χ4v) is 3.50. The van der Waals surface area contributed by atoms with Gasteiger partial charge in [-0.05, 0) is 31.0 Å². The Morgan fingerprint density at radius 2 is 2.16 bits per heavy atom. The van der Waals surface area contributed by atoms with Crippen molar-refractivity contribution in [2.24, 2.45) is 0 Å². The number of carboxylic acid groups (broad SMARTS) is 1. The Labute approximate surface area is 148 Å². The molecule has 0 bridgehead atoms. The number of carbonyl (C=O) groups is 3. The van der Waals surface area contributed by atoms with Crippen molar-refractivity contribution in [3.05, 3.63) is 40.4 Å². The van der Waals surface area contributed by atoms with Crippen LogP contribution in [-0.4, -0.2) is 33.9 Å². The number of nitrogens with zero attached hydrogens (tertiary/aromatic N) is 2. The zero-order chi connectivity index (χ0) is 18.1. The average Bonchev–Trinajstić information content (AvgIpc) is 3.07. The smallest absolute Gasteiger partial charge is 0.309 e. The third-order valence-electron chi connectivity index (χ3n) is 3.93. The fraction of sp³-hybridized carbons (Fsp3) is 0.294. The summed E-state index contributed by atoms with van der Waals surface area (Å²) in [6.07, 6.45) is -0.197. The van der Waals surface area contributed by atoms with E-state index in [-0.39, 0.29) is 29.8 Å². The molecule has 25 heavy (non-hydrogen) atoms. The van der Waals surface area contributed by atoms with E-state index >= 15 is 0 Å². The lowest BCUT2D eigenvalue weighted by atomic mass is 10.1. The molecule has 1 aliphatic rings. The van der Waals surface area contributed by atoms with Crippen LogP contribution >= 0.6 is 11.3 Å². The first kappa shape index (κ1) is 17.1. The third-order valence-corrected chi connectivity index (χ3v) is 4.81. The van der Waals surface area contributed by atoms with Crippen LogP contribution in [0.2, 0.25) is 0 Å². The Hall–Kier alpha value is -2.74. The Morgan fingerprint density at radius 3 is 2.88 bits per heavy atom. The van der Waals surface area contributed by atoms with Gasteiger partial charge in [-0.15, -0.1) is 11.3 Å². The van der Waals surface area contributed by atoms with Gasteiger partial charge in [0.05, 0.1) is 18.5 Å². The molecule has 0 radical (unpaired) electrons. The highest BCUT2D eigenvalue weighted by Gasteiger charge is 2.41. The predicted octanol–water partition coefficient (Wildman–Crippen LogP) is 2.13. The number of hydrogen-bond acceptors (Lipinski definition) is 6. The molecule has 1 atom stereocenters. The number of nitrogens with one attached hydrogen (secondary N) is 1. The summed E-state index contributed by atoms with van der Waals surface area (Å²) < 4.78 is 0. The number of carboxylic acids is 1. The number of benzene rings is 1. The highest BCUT2D eigenvalue weighted by Crippen LogP contribution is 2.29. The second-order valence-electron chi connectivity index (χ2n) is 5.98. The molecule has 2 N–H and O–H groups in total. The Bertz CT molecular complexity index is 861. The normalized spacial score (nSPS) is 17.2. The molecular formula is C17H17N3O4S. The number of rotatable bonds is 5. The summed E-state index contributed by atoms with van der Waals surface area (Å²) in [5.41, 5.74) is 3.19. The van der Waals surface area contributed by atoms with Crippen LogP contribution in [0.15, 0.2) is 23.6 Å². The molecular weight excluding hydrogens is 342 g/mol. The minimum Gasteiger partial charge on any atom is -0.481 e. The Balaban J connectivity index is 1.79. The molecule has 130 valence electrons. The van der Waals surface area contributed by atoms with Gasteiger partial charge in [-0.2, -0.15) is 0 Å². The number of amides is 2. The second kappa shape index (κ2) is 6.64. The van der Waals surface area contributed by atoms with Crippen molar-refractivity contribution in [1.82, 2.24) is 4.98 Å². The molecule has 0 saturated carbocycles. The van der Waals surface area contributed by atoms with Crippen molar-refractivity contribution in [1.29, 1.82) is 0 Å². The molecule has 7 nitrogen and oxygen atoms in total. The van der Waals surface area contributed by atoms with Gasteiger partial charge in [-0.3, -0.25) is 14.4 Å². The molecule has 1 aromatic carbocycles. The second-order valence-corrected chi connectivity index (χ2v) is 6.82. The highest BCUT2D eigenvalue weighted by molar-refractivity contribution is 7.14. The average molecular weight is 359 g/mol. The first-order valence-electron chi connectivity index (χ1n) is 7.72. The van der Waals surface area contributed by atoms with Gasteiger partial charge in [-0.1, -0.05) is 12.1 Å². The minimum absolute atomic E-state index is 0.0417. The van der Waals surface area contributed by atoms with Crippen molar-refractivity contribution in [3.63, 3.8) is 0 Å². The van der Waals surface area contributed by atoms with Crippen molar-refractivity contribution in [2.75, 3.05) is 10.2 Å². The van der Waals surface area contributed by atoms with E-state index in [0.717, 1.165) is 33.1 Å². The van der Waals surface area contributed by atoms with E-state index in [1.54, 1.807) is 5.38 Å². The number of aryl methyl sites for hydroxylation is 2. The van der Waals surface area contributed by atoms with Gasteiger partial charge < -0.3 is 10.4 Å². The number of aromatic nitrogens is 1. The van der Waals surface area contributed by atoms with Crippen molar-refractivity contribution >= 4 is 39.9 Å². The van der Waals surface area contributed by atoms with Crippen LogP contribution in [0.5, 0.6) is 0 Å². The molecule has 2 heterocycles. The molecule has 1 saturated heterocycles. The maximum atomic E-state index is 12.6. The SMILES string of the molecule is Cc1ccc(C)c(NC2CC(=O)N(c3nc(CC(=O)O)cs3)C2=O)c1. The van der Waals surface area contributed by atoms with E-state index in [9.17, 15) is 14.4 Å². The zero-order valence-electron chi connectivity index (χ0n) is 13.8. The molecule has 0 spiro atoms. The van der Waals surface area contributed by atoms with Gasteiger partial charge in [0.1, 0.15) is 6.04 Å². The van der Waals surface area contributed by atoms with Crippen LogP contribution in [0, 0.1) is 13.8 Å². The molecule has 1 fully saturated rings. The van der Waals surface area contributed by atoms with Gasteiger partial charge >= 0.3 is 5.97 Å². The van der Waals surface area contributed by atoms with Gasteiger partial charge in [0.15, 0.2) is 5.13 Å². The molecule has 1 unspecified atom stereocenters. The number of hydrogen-bond donors (Lipinski definition) is 2. The first-order chi connectivity index (χ1) is 11.8. The lowest BCUT2D eigenvalue weighted by Crippen LogP contribution is -2.34. The largest absolute Gasteiger partial charge is 0.481 e. The highest BCUT2D eigenvalue weighted by atomic mass is 32.1. The molecule has 0 aliphatic carbocycles. The lowest BCUT2D eigenvalue weighted by molar-refractivity contribution is -0.136. The third kappa shape index (κ3) is 3.53. The molecule has 3 rings (SSSR count). The summed E-state index contributed by atoms with van der Waals surface area (Å²) in [6.45, 7) is 3.89. The van der Waals surface area contributed by atoms with E-state index in [1.807, 2.05) is 32.0 Å². The quantitative estimate of drug-likeness (QED) is 0.794. The molecule has 1 aromatic heterocycles. The number of carbonyl (C=O) groups excluding carboxylic acids is 2. The van der Waals surface area contributed by atoms with Crippen LogP contribution in [0.4, 0.5) is 10.8 Å². The number of aliphatic carboxylic acids is 1. The maximum absolute atomic E-state index is 12.6. The first-order valence-corrected chi connectivity index (χ1v) is 8.60. The number of anilines is 2. The van der Waals surface area contributed by atoms with Crippen molar-refractivity contribution in [3.8, 4) is 0 Å². The summed E-state index contributed by atoms with van der Waals surface area (Å²) in [5.74, 6) is -1.73. The summed E-state index contributed by atoms with van der Waals surface area (Å²) >= 11 is 1.09. The monoisotopic (exact) mass is 359 g/mol. The van der Waals surface area contributed by atoms with E-state index < -0.39 is 12.0 Å². The summed E-state index contributed by atoms with van der Waals surface area (Å²) in [7, 11) is 0. The van der Waals surface area contributed by atoms with E-state index in [1.165, 1.54) is 0 Å². The topological polar surface area (TPSA) is 99.6 Å². The van der Waals surface area contributed by atoms with Crippen LogP contribution in [0.25, 0.3) is 0 Å². The minimum atomic E-state index is -1.01. The van der Waals surface area contributed by atoms with Crippen LogP contribution in [0.1, 0.15) is 23.2 Å². The predicted molar refractivity (Wildman–Crippen MR) is 93.9 cm³/mol. The van der Waals surface area contributed by atoms with Gasteiger partial charge in [0.25, 0.3) is 5.91 Å². The lowest BCUT2D eigenvalue weighted by Gasteiger charge is -2.15. The van der Waals surface area contributed by atoms with Crippen LogP contribution in [0.3, 0.4) is 0 Å². The number of imide groups is 1. The molecule has 2 amide bonds. The summed E-state index contributed by atoms with van der Waals surface area (Å²) in [4.78, 5) is 40.8. The molecule has 2 aromatic rings. The van der Waals surface area contributed by atoms with Crippen molar-refractivity contribution in [2.45, 2.75) is 32.7 Å². The molecule has 8 heteroatoms. The van der Waals surface area contributed by atoms with Gasteiger partial charge in [0, 0.05) is 11.1 Å². The van der Waals surface area contributed by atoms with Crippen LogP contribution in [-0.2, 0) is 20.8 Å². The van der Waals surface area contributed by atoms with Crippen LogP contribution < -0.4 is 10.2 Å². The standard InChI is InChI=1S/C17H17N3O4S/c1-9-3-4-10(2)12(5-9)19-13-7-14(21)20(16(13)24)17-18-11(8-25-17)6-15(22)23/h3-5,8,13,19H,6-7H2,1-2H3,(H,22,23). The van der Waals surface area contributed by atoms with Crippen molar-refractivity contribution < 1.29 is 19.5 Å². The maximum Gasteiger partial charge on any atom is 0.309 e. The molecule has 1 aliphatic heterocycles. The zero-order valence-corrected chi connectivity index (χ0v) is 14.6. The van der Waals surface area contributed by atoms with Gasteiger partial charge in [0.2, 0.25) is 5.91 Å². The van der Waals surface area contributed by atoms with E-state index in [4.69, 9.17) is 5.11 Å². The summed E-state index contributed by atoms with van der Waals surface area (Å²) in [5, 5.41) is 13.7. The fourth-order valence-electron chi connectivity index (χ4n) is 2.66. The Morgan fingerprint density at radius 1 is 1.40 bits per heavy atom. The van der Waals surface area contributed by atoms with Gasteiger partial charge in [-0.25, -0.2) is 9.88 Å². The van der Waals surface area contributed by atoms with E-state index in [0.29, 0.717) is 5.69 Å². The Kier molecular flexibility index (Phi) is 4.54. The number of thiazole rings is 1. The summed E-state index contributed by atoms with van der Waals surface area (Å²) in [6, 6.07) is 5.22.